The van der Waals surface area contributed by atoms with E-state index in [1.54, 1.807) is 36.5 Å². The highest BCUT2D eigenvalue weighted by Gasteiger charge is 2.14. The molecule has 2 aromatic carbocycles. The Morgan fingerprint density at radius 3 is 2.52 bits per heavy atom. The van der Waals surface area contributed by atoms with Crippen LogP contribution >= 0.6 is 11.6 Å². The Kier molecular flexibility index (Phi) is 5.26. The summed E-state index contributed by atoms with van der Waals surface area (Å²) in [7, 11) is 0. The Bertz CT molecular complexity index is 870. The van der Waals surface area contributed by atoms with Gasteiger partial charge in [0.1, 0.15) is 5.69 Å². The predicted octanol–water partition coefficient (Wildman–Crippen LogP) is 4.54. The largest absolute Gasteiger partial charge is 0.319 e. The molecular formula is C19H17ClN4O. The molecule has 3 aromatic rings. The number of carbonyl (C=O) groups excluding carboxylic acids is 1. The highest BCUT2D eigenvalue weighted by molar-refractivity contribution is 6.33. The van der Waals surface area contributed by atoms with Crippen LogP contribution in [0.5, 0.6) is 0 Å². The van der Waals surface area contributed by atoms with Gasteiger partial charge in [0.25, 0.3) is 5.91 Å². The number of amides is 1. The number of nitrogens with zero attached hydrogens (tertiary/aromatic N) is 3. The Balaban J connectivity index is 1.86. The van der Waals surface area contributed by atoms with Crippen LogP contribution in [0, 0.1) is 0 Å². The van der Waals surface area contributed by atoms with E-state index >= 15 is 0 Å². The molecule has 126 valence electrons. The molecule has 0 aliphatic carbocycles. The average molecular weight is 353 g/mol. The van der Waals surface area contributed by atoms with Gasteiger partial charge < -0.3 is 10.2 Å². The highest BCUT2D eigenvalue weighted by Crippen LogP contribution is 2.23. The maximum atomic E-state index is 12.5. The van der Waals surface area contributed by atoms with Crippen LogP contribution in [0.2, 0.25) is 5.02 Å². The summed E-state index contributed by atoms with van der Waals surface area (Å²) in [6, 6.07) is 18.5. The zero-order valence-electron chi connectivity index (χ0n) is 13.7. The zero-order chi connectivity index (χ0) is 17.6. The van der Waals surface area contributed by atoms with Gasteiger partial charge in [0.15, 0.2) is 0 Å². The van der Waals surface area contributed by atoms with Gasteiger partial charge in [-0.05, 0) is 37.3 Å². The Hall–Kier alpha value is -2.92. The molecule has 0 aliphatic heterocycles. The van der Waals surface area contributed by atoms with E-state index in [4.69, 9.17) is 11.6 Å². The lowest BCUT2D eigenvalue weighted by Gasteiger charge is -2.21. The number of anilines is 3. The van der Waals surface area contributed by atoms with Crippen molar-refractivity contribution in [3.05, 3.63) is 77.6 Å². The lowest BCUT2D eigenvalue weighted by atomic mass is 10.3. The maximum absolute atomic E-state index is 12.5. The van der Waals surface area contributed by atoms with Crippen molar-refractivity contribution < 1.29 is 4.79 Å². The Labute approximate surface area is 151 Å². The van der Waals surface area contributed by atoms with Gasteiger partial charge in [0.05, 0.1) is 10.7 Å². The molecule has 3 rings (SSSR count). The number of hydrogen-bond donors (Lipinski definition) is 1. The van der Waals surface area contributed by atoms with Crippen molar-refractivity contribution in [2.75, 3.05) is 16.8 Å². The van der Waals surface area contributed by atoms with E-state index in [1.165, 1.54) is 0 Å². The van der Waals surface area contributed by atoms with Crippen LogP contribution in [0.15, 0.2) is 66.9 Å². The van der Waals surface area contributed by atoms with E-state index < -0.39 is 0 Å². The molecule has 6 heteroatoms. The lowest BCUT2D eigenvalue weighted by Crippen LogP contribution is -2.21. The van der Waals surface area contributed by atoms with Crippen molar-refractivity contribution in [2.24, 2.45) is 0 Å². The van der Waals surface area contributed by atoms with Gasteiger partial charge in [-0.2, -0.15) is 0 Å². The smallest absolute Gasteiger partial charge is 0.274 e. The minimum atomic E-state index is -0.333. The van der Waals surface area contributed by atoms with E-state index in [9.17, 15) is 4.79 Å². The number of halogens is 1. The third kappa shape index (κ3) is 3.95. The van der Waals surface area contributed by atoms with Gasteiger partial charge >= 0.3 is 0 Å². The van der Waals surface area contributed by atoms with Crippen LogP contribution in [0.25, 0.3) is 0 Å². The van der Waals surface area contributed by atoms with Gasteiger partial charge in [0.2, 0.25) is 5.95 Å². The van der Waals surface area contributed by atoms with Crippen LogP contribution in [0.4, 0.5) is 17.3 Å². The van der Waals surface area contributed by atoms with Crippen molar-refractivity contribution in [1.29, 1.82) is 0 Å². The molecule has 0 aliphatic rings. The summed E-state index contributed by atoms with van der Waals surface area (Å²) in [5, 5.41) is 3.25. The summed E-state index contributed by atoms with van der Waals surface area (Å²) >= 11 is 6.08. The number of rotatable bonds is 5. The van der Waals surface area contributed by atoms with E-state index in [0.29, 0.717) is 23.2 Å². The third-order valence-electron chi connectivity index (χ3n) is 3.62. The monoisotopic (exact) mass is 352 g/mol. The second kappa shape index (κ2) is 7.77. The number of carbonyl (C=O) groups is 1. The Morgan fingerprint density at radius 2 is 1.80 bits per heavy atom. The third-order valence-corrected chi connectivity index (χ3v) is 3.95. The maximum Gasteiger partial charge on any atom is 0.274 e. The molecule has 1 heterocycles. The summed E-state index contributed by atoms with van der Waals surface area (Å²) in [4.78, 5) is 23.1. The minimum Gasteiger partial charge on any atom is -0.319 e. The molecule has 0 bridgehead atoms. The number of hydrogen-bond acceptors (Lipinski definition) is 4. The van der Waals surface area contributed by atoms with Gasteiger partial charge in [-0.15, -0.1) is 0 Å². The molecule has 5 nitrogen and oxygen atoms in total. The SMILES string of the molecule is CCN(c1ccccc1)c1nccc(C(=O)Nc2ccccc2Cl)n1. The standard InChI is InChI=1S/C19H17ClN4O/c1-2-24(14-8-4-3-5-9-14)19-21-13-12-17(23-19)18(25)22-16-11-7-6-10-15(16)20/h3-13H,2H2,1H3,(H,22,25). The van der Waals surface area contributed by atoms with Crippen LogP contribution in [-0.4, -0.2) is 22.4 Å². The Morgan fingerprint density at radius 1 is 1.08 bits per heavy atom. The van der Waals surface area contributed by atoms with Gasteiger partial charge in [-0.1, -0.05) is 41.9 Å². The average Bonchev–Trinajstić information content (AvgIpc) is 2.65. The molecule has 1 N–H and O–H groups in total. The molecule has 25 heavy (non-hydrogen) atoms. The quantitative estimate of drug-likeness (QED) is 0.732. The summed E-state index contributed by atoms with van der Waals surface area (Å²) in [6.07, 6.45) is 1.58. The van der Waals surface area contributed by atoms with E-state index in [0.717, 1.165) is 5.69 Å². The second-order valence-corrected chi connectivity index (χ2v) is 5.66. The van der Waals surface area contributed by atoms with Crippen molar-refractivity contribution in [3.63, 3.8) is 0 Å². The van der Waals surface area contributed by atoms with Gasteiger partial charge in [0, 0.05) is 18.4 Å². The van der Waals surface area contributed by atoms with E-state index in [2.05, 4.69) is 15.3 Å². The van der Waals surface area contributed by atoms with Gasteiger partial charge in [-0.25, -0.2) is 9.97 Å². The topological polar surface area (TPSA) is 58.1 Å². The highest BCUT2D eigenvalue weighted by atomic mass is 35.5. The molecule has 1 aromatic heterocycles. The van der Waals surface area contributed by atoms with E-state index in [-0.39, 0.29) is 11.6 Å². The van der Waals surface area contributed by atoms with Crippen LogP contribution < -0.4 is 10.2 Å². The molecule has 0 radical (unpaired) electrons. The van der Waals surface area contributed by atoms with Crippen molar-refractivity contribution in [3.8, 4) is 0 Å². The molecule has 0 fully saturated rings. The summed E-state index contributed by atoms with van der Waals surface area (Å²) in [5.74, 6) is 0.140. The summed E-state index contributed by atoms with van der Waals surface area (Å²) in [6.45, 7) is 2.69. The van der Waals surface area contributed by atoms with Crippen LogP contribution in [-0.2, 0) is 0 Å². The molecular weight excluding hydrogens is 336 g/mol. The molecule has 0 saturated carbocycles. The molecule has 1 amide bonds. The number of aromatic nitrogens is 2. The summed E-state index contributed by atoms with van der Waals surface area (Å²) < 4.78 is 0. The van der Waals surface area contributed by atoms with Crippen molar-refractivity contribution in [1.82, 2.24) is 9.97 Å². The predicted molar refractivity (Wildman–Crippen MR) is 101 cm³/mol. The fraction of sp³-hybridized carbons (Fsp3) is 0.105. The first-order chi connectivity index (χ1) is 12.2. The van der Waals surface area contributed by atoms with E-state index in [1.807, 2.05) is 42.2 Å². The molecule has 0 saturated heterocycles. The van der Waals surface area contributed by atoms with Crippen LogP contribution in [0.3, 0.4) is 0 Å². The number of benzene rings is 2. The lowest BCUT2D eigenvalue weighted by molar-refractivity contribution is 0.102. The first-order valence-electron chi connectivity index (χ1n) is 7.90. The second-order valence-electron chi connectivity index (χ2n) is 5.26. The number of para-hydroxylation sites is 2. The molecule has 0 atom stereocenters. The molecule has 0 spiro atoms. The first-order valence-corrected chi connectivity index (χ1v) is 8.28. The normalized spacial score (nSPS) is 10.3. The summed E-state index contributed by atoms with van der Waals surface area (Å²) in [5.41, 5.74) is 1.79. The number of nitrogens with one attached hydrogen (secondary N) is 1. The fourth-order valence-electron chi connectivity index (χ4n) is 2.40. The fourth-order valence-corrected chi connectivity index (χ4v) is 2.58. The zero-order valence-corrected chi connectivity index (χ0v) is 14.4. The van der Waals surface area contributed by atoms with Crippen molar-refractivity contribution in [2.45, 2.75) is 6.92 Å². The minimum absolute atomic E-state index is 0.277. The van der Waals surface area contributed by atoms with Crippen molar-refractivity contribution >= 4 is 34.8 Å². The molecule has 0 unspecified atom stereocenters. The van der Waals surface area contributed by atoms with Gasteiger partial charge in [-0.3, -0.25) is 4.79 Å². The first kappa shape index (κ1) is 16.9. The van der Waals surface area contributed by atoms with Crippen LogP contribution in [0.1, 0.15) is 17.4 Å².